The van der Waals surface area contributed by atoms with Crippen molar-refractivity contribution in [1.82, 2.24) is 5.01 Å². The summed E-state index contributed by atoms with van der Waals surface area (Å²) in [6, 6.07) is 0. The predicted molar refractivity (Wildman–Crippen MR) is 31.9 cm³/mol. The van der Waals surface area contributed by atoms with Crippen molar-refractivity contribution >= 4 is 5.97 Å². The van der Waals surface area contributed by atoms with Gasteiger partial charge in [0.25, 0.3) is 0 Å². The molecule has 0 fully saturated rings. The molecule has 10 heavy (non-hydrogen) atoms. The van der Waals surface area contributed by atoms with E-state index in [-0.39, 0.29) is 13.0 Å². The minimum atomic E-state index is -1.03. The highest BCUT2D eigenvalue weighted by Crippen LogP contribution is 1.86. The maximum Gasteiger partial charge on any atom is 0.305 e. The summed E-state index contributed by atoms with van der Waals surface area (Å²) in [6.45, 7) is -0.0671. The molecule has 0 atom stereocenters. The molecule has 0 heterocycles. The molecule has 0 radical (unpaired) electrons. The van der Waals surface area contributed by atoms with Crippen LogP contribution in [0.5, 0.6) is 0 Å². The normalized spacial score (nSPS) is 8.90. The minimum Gasteiger partial charge on any atom is -0.481 e. The number of nitro groups is 1. The average molecular weight is 148 g/mol. The van der Waals surface area contributed by atoms with Crippen LogP contribution in [0.2, 0.25) is 0 Å². The lowest BCUT2D eigenvalue weighted by Crippen LogP contribution is -2.27. The van der Waals surface area contributed by atoms with Crippen LogP contribution >= 0.6 is 0 Å². The number of carbonyl (C=O) groups is 1. The van der Waals surface area contributed by atoms with Crippen LogP contribution in [0.1, 0.15) is 6.42 Å². The van der Waals surface area contributed by atoms with Crippen LogP contribution in [0, 0.1) is 10.1 Å². The lowest BCUT2D eigenvalue weighted by molar-refractivity contribution is -0.648. The Morgan fingerprint density at radius 3 is 2.60 bits per heavy atom. The van der Waals surface area contributed by atoms with Crippen LogP contribution in [0.3, 0.4) is 0 Å². The number of aliphatic carboxylic acids is 1. The van der Waals surface area contributed by atoms with Gasteiger partial charge in [0.1, 0.15) is 0 Å². The Balaban J connectivity index is 3.49. The summed E-state index contributed by atoms with van der Waals surface area (Å²) in [4.78, 5) is 19.7. The smallest absolute Gasteiger partial charge is 0.305 e. The van der Waals surface area contributed by atoms with Crippen LogP contribution in [-0.4, -0.2) is 34.7 Å². The summed E-state index contributed by atoms with van der Waals surface area (Å²) >= 11 is 0. The first-order chi connectivity index (χ1) is 4.54. The van der Waals surface area contributed by atoms with Crippen molar-refractivity contribution in [3.63, 3.8) is 0 Å². The topological polar surface area (TPSA) is 83.7 Å². The van der Waals surface area contributed by atoms with Gasteiger partial charge in [0, 0.05) is 0 Å². The second-order valence-electron chi connectivity index (χ2n) is 1.76. The SMILES string of the molecule is CN(CCC(=O)O)[N+](=O)[O-]. The summed E-state index contributed by atoms with van der Waals surface area (Å²) in [7, 11) is 1.23. The molecule has 0 rings (SSSR count). The summed E-state index contributed by atoms with van der Waals surface area (Å²) in [6.07, 6.45) is -0.211. The highest BCUT2D eigenvalue weighted by molar-refractivity contribution is 5.66. The second kappa shape index (κ2) is 3.65. The van der Waals surface area contributed by atoms with Gasteiger partial charge in [-0.3, -0.25) is 4.79 Å². The number of carboxylic acid groups (broad SMARTS) is 1. The number of nitrogens with zero attached hydrogens (tertiary/aromatic N) is 2. The lowest BCUT2D eigenvalue weighted by Gasteiger charge is -2.04. The zero-order valence-corrected chi connectivity index (χ0v) is 5.48. The van der Waals surface area contributed by atoms with E-state index >= 15 is 0 Å². The van der Waals surface area contributed by atoms with Gasteiger partial charge in [-0.25, -0.2) is 10.1 Å². The fraction of sp³-hybridized carbons (Fsp3) is 0.750. The molecule has 0 spiro atoms. The maximum absolute atomic E-state index is 9.88. The van der Waals surface area contributed by atoms with Gasteiger partial charge in [-0.1, -0.05) is 0 Å². The summed E-state index contributed by atoms with van der Waals surface area (Å²) in [5, 5.41) is 18.0. The average Bonchev–Trinajstić information content (AvgIpc) is 1.82. The third-order valence-corrected chi connectivity index (χ3v) is 0.928. The van der Waals surface area contributed by atoms with E-state index in [1.165, 1.54) is 7.05 Å². The summed E-state index contributed by atoms with van der Waals surface area (Å²) < 4.78 is 0. The predicted octanol–water partition coefficient (Wildman–Crippen LogP) is -0.415. The maximum atomic E-state index is 9.88. The number of hydrogen-bond donors (Lipinski definition) is 1. The molecule has 0 unspecified atom stereocenters. The number of hydrogen-bond acceptors (Lipinski definition) is 3. The molecule has 58 valence electrons. The molecule has 0 aromatic rings. The molecule has 0 aliphatic rings. The molecule has 0 aromatic heterocycles. The number of carboxylic acids is 1. The molecule has 0 bridgehead atoms. The Morgan fingerprint density at radius 1 is 1.80 bits per heavy atom. The third-order valence-electron chi connectivity index (χ3n) is 0.928. The zero-order valence-electron chi connectivity index (χ0n) is 5.48. The van der Waals surface area contributed by atoms with Gasteiger partial charge in [0.15, 0.2) is 5.03 Å². The van der Waals surface area contributed by atoms with E-state index in [2.05, 4.69) is 0 Å². The van der Waals surface area contributed by atoms with Gasteiger partial charge in [-0.2, -0.15) is 0 Å². The van der Waals surface area contributed by atoms with Crippen molar-refractivity contribution in [2.24, 2.45) is 0 Å². The summed E-state index contributed by atoms with van der Waals surface area (Å²) in [5.74, 6) is -1.03. The van der Waals surface area contributed by atoms with Crippen molar-refractivity contribution in [2.45, 2.75) is 6.42 Å². The van der Waals surface area contributed by atoms with Crippen LogP contribution in [-0.2, 0) is 4.79 Å². The van der Waals surface area contributed by atoms with Gasteiger partial charge in [-0.05, 0) is 0 Å². The summed E-state index contributed by atoms with van der Waals surface area (Å²) in [5.41, 5.74) is 0. The van der Waals surface area contributed by atoms with Crippen molar-refractivity contribution in [3.05, 3.63) is 10.1 Å². The van der Waals surface area contributed by atoms with Crippen molar-refractivity contribution < 1.29 is 14.9 Å². The Labute approximate surface area is 57.2 Å². The molecule has 0 saturated heterocycles. The van der Waals surface area contributed by atoms with E-state index < -0.39 is 11.0 Å². The van der Waals surface area contributed by atoms with E-state index in [4.69, 9.17) is 5.11 Å². The Hall–Kier alpha value is -1.33. The molecular formula is C4H8N2O4. The van der Waals surface area contributed by atoms with Crippen LogP contribution in [0.4, 0.5) is 0 Å². The first kappa shape index (κ1) is 8.67. The Bertz CT molecular complexity index is 146. The first-order valence-corrected chi connectivity index (χ1v) is 2.61. The fourth-order valence-electron chi connectivity index (χ4n) is 0.339. The number of hydrazine groups is 1. The van der Waals surface area contributed by atoms with E-state index in [0.29, 0.717) is 0 Å². The molecule has 6 nitrogen and oxygen atoms in total. The Kier molecular flexibility index (Phi) is 3.16. The molecular weight excluding hydrogens is 140 g/mol. The molecule has 6 heteroatoms. The van der Waals surface area contributed by atoms with E-state index in [1.54, 1.807) is 0 Å². The van der Waals surface area contributed by atoms with Gasteiger partial charge in [0.2, 0.25) is 0 Å². The van der Waals surface area contributed by atoms with E-state index in [0.717, 1.165) is 5.01 Å². The zero-order chi connectivity index (χ0) is 8.15. The van der Waals surface area contributed by atoms with Crippen molar-refractivity contribution in [3.8, 4) is 0 Å². The standard InChI is InChI=1S/C4H8N2O4/c1-5(6(9)10)3-2-4(7)8/h2-3H2,1H3,(H,7,8). The van der Waals surface area contributed by atoms with Crippen LogP contribution in [0.25, 0.3) is 0 Å². The van der Waals surface area contributed by atoms with Gasteiger partial charge in [0.05, 0.1) is 20.0 Å². The van der Waals surface area contributed by atoms with Crippen LogP contribution in [0.15, 0.2) is 0 Å². The largest absolute Gasteiger partial charge is 0.481 e. The first-order valence-electron chi connectivity index (χ1n) is 2.61. The third kappa shape index (κ3) is 3.65. The highest BCUT2D eigenvalue weighted by Gasteiger charge is 2.07. The fourth-order valence-corrected chi connectivity index (χ4v) is 0.339. The van der Waals surface area contributed by atoms with Gasteiger partial charge in [-0.15, -0.1) is 5.01 Å². The molecule has 0 amide bonds. The molecule has 0 aliphatic heterocycles. The van der Waals surface area contributed by atoms with Gasteiger partial charge >= 0.3 is 5.97 Å². The van der Waals surface area contributed by atoms with Crippen molar-refractivity contribution in [2.75, 3.05) is 13.6 Å². The monoisotopic (exact) mass is 148 g/mol. The minimum absolute atomic E-state index is 0.0671. The van der Waals surface area contributed by atoms with E-state index in [9.17, 15) is 14.9 Å². The second-order valence-corrected chi connectivity index (χ2v) is 1.76. The van der Waals surface area contributed by atoms with Crippen molar-refractivity contribution in [1.29, 1.82) is 0 Å². The highest BCUT2D eigenvalue weighted by atomic mass is 16.7. The molecule has 1 N–H and O–H groups in total. The Morgan fingerprint density at radius 2 is 2.30 bits per heavy atom. The van der Waals surface area contributed by atoms with Crippen LogP contribution < -0.4 is 0 Å². The van der Waals surface area contributed by atoms with E-state index in [1.807, 2.05) is 0 Å². The number of rotatable bonds is 4. The lowest BCUT2D eigenvalue weighted by atomic mass is 10.4. The molecule has 0 saturated carbocycles. The quantitative estimate of drug-likeness (QED) is 0.432. The van der Waals surface area contributed by atoms with Gasteiger partial charge < -0.3 is 5.11 Å². The molecule has 0 aliphatic carbocycles. The molecule has 0 aromatic carbocycles.